The summed E-state index contributed by atoms with van der Waals surface area (Å²) in [5.41, 5.74) is 0.892. The molecule has 3 nitrogen and oxygen atoms in total. The summed E-state index contributed by atoms with van der Waals surface area (Å²) >= 11 is 1.55. The minimum Gasteiger partial charge on any atom is -0.303 e. The quantitative estimate of drug-likeness (QED) is 0.827. The maximum Gasteiger partial charge on any atom is 0.127 e. The van der Waals surface area contributed by atoms with Gasteiger partial charge in [-0.3, -0.25) is 0 Å². The highest BCUT2D eigenvalue weighted by atomic mass is 32.1. The van der Waals surface area contributed by atoms with E-state index in [2.05, 4.69) is 16.0 Å². The largest absolute Gasteiger partial charge is 0.303 e. The molecule has 2 rings (SSSR count). The van der Waals surface area contributed by atoms with Gasteiger partial charge in [0, 0.05) is 13.0 Å². The summed E-state index contributed by atoms with van der Waals surface area (Å²) in [4.78, 5) is 7.77. The Bertz CT molecular complexity index is 397. The van der Waals surface area contributed by atoms with Crippen LogP contribution in [-0.2, 0) is 6.42 Å². The van der Waals surface area contributed by atoms with E-state index in [9.17, 15) is 0 Å². The standard InChI is InChI=1S/C13H19N3S/c1-11-12(10-14)17-13(15-11)6-9-16-7-4-2-3-5-8-16/h2-9H2,1H3. The number of hydrogen-bond donors (Lipinski definition) is 0. The molecule has 2 heterocycles. The fourth-order valence-corrected chi connectivity index (χ4v) is 3.13. The van der Waals surface area contributed by atoms with Gasteiger partial charge in [-0.2, -0.15) is 5.26 Å². The minimum atomic E-state index is 0.774. The second kappa shape index (κ2) is 6.13. The third-order valence-electron chi connectivity index (χ3n) is 3.28. The van der Waals surface area contributed by atoms with Crippen LogP contribution in [0.15, 0.2) is 0 Å². The fourth-order valence-electron chi connectivity index (χ4n) is 2.28. The number of nitrogens with zero attached hydrogens (tertiary/aromatic N) is 3. The average Bonchev–Trinajstić information content (AvgIpc) is 2.55. The molecule has 0 saturated carbocycles. The smallest absolute Gasteiger partial charge is 0.127 e. The molecule has 17 heavy (non-hydrogen) atoms. The van der Waals surface area contributed by atoms with Crippen molar-refractivity contribution in [1.82, 2.24) is 9.88 Å². The number of rotatable bonds is 3. The predicted octanol–water partition coefficient (Wildman–Crippen LogP) is 2.74. The second-order valence-electron chi connectivity index (χ2n) is 4.64. The number of nitriles is 1. The van der Waals surface area contributed by atoms with Crippen molar-refractivity contribution in [3.63, 3.8) is 0 Å². The summed E-state index contributed by atoms with van der Waals surface area (Å²) in [6.45, 7) is 5.48. The first-order chi connectivity index (χ1) is 8.29. The Balaban J connectivity index is 1.86. The Labute approximate surface area is 107 Å². The van der Waals surface area contributed by atoms with Gasteiger partial charge in [-0.25, -0.2) is 4.98 Å². The van der Waals surface area contributed by atoms with Gasteiger partial charge in [-0.05, 0) is 32.9 Å². The first-order valence-electron chi connectivity index (χ1n) is 6.38. The van der Waals surface area contributed by atoms with Gasteiger partial charge in [0.05, 0.1) is 10.7 Å². The molecule has 1 aliphatic heterocycles. The lowest BCUT2D eigenvalue weighted by Crippen LogP contribution is -2.26. The molecular weight excluding hydrogens is 230 g/mol. The highest BCUT2D eigenvalue weighted by Gasteiger charge is 2.11. The fraction of sp³-hybridized carbons (Fsp3) is 0.692. The molecule has 92 valence electrons. The molecule has 4 heteroatoms. The van der Waals surface area contributed by atoms with Crippen LogP contribution in [0, 0.1) is 18.3 Å². The predicted molar refractivity (Wildman–Crippen MR) is 70.2 cm³/mol. The third-order valence-corrected chi connectivity index (χ3v) is 4.40. The Morgan fingerprint density at radius 1 is 1.29 bits per heavy atom. The number of aryl methyl sites for hydroxylation is 1. The van der Waals surface area contributed by atoms with Crippen LogP contribution < -0.4 is 0 Å². The van der Waals surface area contributed by atoms with Gasteiger partial charge in [-0.1, -0.05) is 12.8 Å². The van der Waals surface area contributed by atoms with Gasteiger partial charge < -0.3 is 4.90 Å². The highest BCUT2D eigenvalue weighted by Crippen LogP contribution is 2.18. The van der Waals surface area contributed by atoms with Crippen molar-refractivity contribution >= 4 is 11.3 Å². The molecular formula is C13H19N3S. The van der Waals surface area contributed by atoms with Crippen molar-refractivity contribution < 1.29 is 0 Å². The molecule has 0 unspecified atom stereocenters. The zero-order valence-electron chi connectivity index (χ0n) is 10.4. The van der Waals surface area contributed by atoms with Crippen molar-refractivity contribution in [2.24, 2.45) is 0 Å². The molecule has 1 fully saturated rings. The Morgan fingerprint density at radius 3 is 2.59 bits per heavy atom. The van der Waals surface area contributed by atoms with Crippen LogP contribution in [0.5, 0.6) is 0 Å². The molecule has 0 bridgehead atoms. The number of hydrogen-bond acceptors (Lipinski definition) is 4. The van der Waals surface area contributed by atoms with Crippen LogP contribution in [0.2, 0.25) is 0 Å². The van der Waals surface area contributed by atoms with Crippen molar-refractivity contribution in [3.05, 3.63) is 15.6 Å². The van der Waals surface area contributed by atoms with Crippen molar-refractivity contribution in [2.75, 3.05) is 19.6 Å². The summed E-state index contributed by atoms with van der Waals surface area (Å²) in [6, 6.07) is 2.21. The van der Waals surface area contributed by atoms with Gasteiger partial charge in [0.15, 0.2) is 0 Å². The lowest BCUT2D eigenvalue weighted by molar-refractivity contribution is 0.288. The zero-order chi connectivity index (χ0) is 12.1. The van der Waals surface area contributed by atoms with Crippen LogP contribution in [0.4, 0.5) is 0 Å². The third kappa shape index (κ3) is 3.52. The maximum absolute atomic E-state index is 8.90. The van der Waals surface area contributed by atoms with Gasteiger partial charge >= 0.3 is 0 Å². The molecule has 0 aromatic carbocycles. The maximum atomic E-state index is 8.90. The van der Waals surface area contributed by atoms with Crippen molar-refractivity contribution in [2.45, 2.75) is 39.0 Å². The molecule has 0 amide bonds. The molecule has 1 saturated heterocycles. The minimum absolute atomic E-state index is 0.774. The summed E-state index contributed by atoms with van der Waals surface area (Å²) in [7, 11) is 0. The van der Waals surface area contributed by atoms with E-state index in [4.69, 9.17) is 5.26 Å². The summed E-state index contributed by atoms with van der Waals surface area (Å²) in [5.74, 6) is 0. The van der Waals surface area contributed by atoms with E-state index in [0.717, 1.165) is 28.5 Å². The zero-order valence-corrected chi connectivity index (χ0v) is 11.2. The normalized spacial score (nSPS) is 17.6. The number of thiazole rings is 1. The molecule has 0 radical (unpaired) electrons. The Morgan fingerprint density at radius 2 is 2.00 bits per heavy atom. The van der Waals surface area contributed by atoms with Gasteiger partial charge in [-0.15, -0.1) is 11.3 Å². The summed E-state index contributed by atoms with van der Waals surface area (Å²) < 4.78 is 0. The average molecular weight is 249 g/mol. The van der Waals surface area contributed by atoms with E-state index in [1.54, 1.807) is 11.3 Å². The highest BCUT2D eigenvalue weighted by molar-refractivity contribution is 7.12. The molecule has 1 aromatic heterocycles. The molecule has 0 atom stereocenters. The Hall–Kier alpha value is -0.920. The SMILES string of the molecule is Cc1nc(CCN2CCCCCC2)sc1C#N. The number of aromatic nitrogens is 1. The molecule has 0 aliphatic carbocycles. The lowest BCUT2D eigenvalue weighted by Gasteiger charge is -2.18. The Kier molecular flexibility index (Phi) is 4.52. The van der Waals surface area contributed by atoms with E-state index < -0.39 is 0 Å². The second-order valence-corrected chi connectivity index (χ2v) is 5.72. The van der Waals surface area contributed by atoms with Crippen LogP contribution in [-0.4, -0.2) is 29.5 Å². The van der Waals surface area contributed by atoms with Crippen LogP contribution in [0.3, 0.4) is 0 Å². The number of likely N-dealkylation sites (tertiary alicyclic amines) is 1. The van der Waals surface area contributed by atoms with Gasteiger partial charge in [0.25, 0.3) is 0 Å². The van der Waals surface area contributed by atoms with E-state index in [1.165, 1.54) is 38.8 Å². The van der Waals surface area contributed by atoms with E-state index in [0.29, 0.717) is 0 Å². The summed E-state index contributed by atoms with van der Waals surface area (Å²) in [6.07, 6.45) is 6.42. The molecule has 1 aliphatic rings. The first-order valence-corrected chi connectivity index (χ1v) is 7.20. The van der Waals surface area contributed by atoms with Crippen LogP contribution in [0.25, 0.3) is 0 Å². The first kappa shape index (κ1) is 12.5. The lowest BCUT2D eigenvalue weighted by atomic mass is 10.2. The van der Waals surface area contributed by atoms with Crippen molar-refractivity contribution in [1.29, 1.82) is 5.26 Å². The van der Waals surface area contributed by atoms with Gasteiger partial charge in [0.1, 0.15) is 10.9 Å². The van der Waals surface area contributed by atoms with Crippen LogP contribution >= 0.6 is 11.3 Å². The van der Waals surface area contributed by atoms with Gasteiger partial charge in [0.2, 0.25) is 0 Å². The van der Waals surface area contributed by atoms with E-state index >= 15 is 0 Å². The summed E-state index contributed by atoms with van der Waals surface area (Å²) in [5, 5.41) is 10.0. The van der Waals surface area contributed by atoms with Crippen molar-refractivity contribution in [3.8, 4) is 6.07 Å². The molecule has 1 aromatic rings. The topological polar surface area (TPSA) is 39.9 Å². The van der Waals surface area contributed by atoms with E-state index in [1.807, 2.05) is 6.92 Å². The van der Waals surface area contributed by atoms with Crippen LogP contribution in [0.1, 0.15) is 41.3 Å². The monoisotopic (exact) mass is 249 g/mol. The molecule has 0 spiro atoms. The molecule has 0 N–H and O–H groups in total. The van der Waals surface area contributed by atoms with E-state index in [-0.39, 0.29) is 0 Å².